The van der Waals surface area contributed by atoms with Crippen molar-refractivity contribution in [1.29, 1.82) is 0 Å². The van der Waals surface area contributed by atoms with Crippen molar-refractivity contribution < 1.29 is 0 Å². The predicted molar refractivity (Wildman–Crippen MR) is 86.2 cm³/mol. The first-order valence-electron chi connectivity index (χ1n) is 6.80. The van der Waals surface area contributed by atoms with Crippen molar-refractivity contribution in [1.82, 2.24) is 15.2 Å². The third-order valence-electron chi connectivity index (χ3n) is 3.32. The van der Waals surface area contributed by atoms with Crippen molar-refractivity contribution >= 4 is 21.6 Å². The predicted octanol–water partition coefficient (Wildman–Crippen LogP) is 2.98. The lowest BCUT2D eigenvalue weighted by Gasteiger charge is -2.12. The van der Waals surface area contributed by atoms with E-state index in [2.05, 4.69) is 38.0 Å². The highest BCUT2D eigenvalue weighted by molar-refractivity contribution is 9.10. The van der Waals surface area contributed by atoms with Crippen LogP contribution in [0.15, 0.2) is 57.6 Å². The molecule has 0 atom stereocenters. The molecule has 2 aromatic rings. The van der Waals surface area contributed by atoms with Gasteiger partial charge >= 0.3 is 0 Å². The standard InChI is InChI=1S/C15H15BrN4O/c16-14-13(19-18-11-6-4-5-7-11)10-17-20(15(14)21)12-8-2-1-3-9-12/h1-3,6,8-10,18-19H,4-5,7H2. The summed E-state index contributed by atoms with van der Waals surface area (Å²) in [5.74, 6) is 0. The van der Waals surface area contributed by atoms with Crippen LogP contribution in [0, 0.1) is 0 Å². The lowest BCUT2D eigenvalue weighted by molar-refractivity contribution is 0.792. The maximum absolute atomic E-state index is 12.4. The minimum atomic E-state index is -0.201. The molecule has 0 spiro atoms. The summed E-state index contributed by atoms with van der Waals surface area (Å²) < 4.78 is 1.82. The van der Waals surface area contributed by atoms with Crippen molar-refractivity contribution in [3.05, 3.63) is 63.1 Å². The molecule has 0 fully saturated rings. The molecule has 1 aromatic carbocycles. The van der Waals surface area contributed by atoms with Crippen molar-refractivity contribution in [3.8, 4) is 5.69 Å². The first-order chi connectivity index (χ1) is 10.3. The Morgan fingerprint density at radius 3 is 2.71 bits per heavy atom. The van der Waals surface area contributed by atoms with Gasteiger partial charge in [0.2, 0.25) is 0 Å². The van der Waals surface area contributed by atoms with Crippen LogP contribution in [0.2, 0.25) is 0 Å². The van der Waals surface area contributed by atoms with Gasteiger partial charge < -0.3 is 5.43 Å². The third-order valence-corrected chi connectivity index (χ3v) is 4.08. The molecule has 0 aliphatic heterocycles. The molecule has 6 heteroatoms. The average molecular weight is 347 g/mol. The Morgan fingerprint density at radius 2 is 2.00 bits per heavy atom. The fourth-order valence-electron chi connectivity index (χ4n) is 2.21. The largest absolute Gasteiger partial charge is 0.305 e. The maximum Gasteiger partial charge on any atom is 0.287 e. The van der Waals surface area contributed by atoms with Gasteiger partial charge in [0.05, 0.1) is 17.6 Å². The first kappa shape index (κ1) is 13.9. The van der Waals surface area contributed by atoms with E-state index in [4.69, 9.17) is 0 Å². The van der Waals surface area contributed by atoms with E-state index < -0.39 is 0 Å². The van der Waals surface area contributed by atoms with E-state index in [1.807, 2.05) is 30.3 Å². The van der Waals surface area contributed by atoms with Crippen molar-refractivity contribution in [2.24, 2.45) is 0 Å². The number of aromatic nitrogens is 2. The molecule has 1 aliphatic rings. The van der Waals surface area contributed by atoms with Crippen LogP contribution in [-0.2, 0) is 0 Å². The molecule has 0 unspecified atom stereocenters. The van der Waals surface area contributed by atoms with Crippen LogP contribution in [0.1, 0.15) is 19.3 Å². The van der Waals surface area contributed by atoms with E-state index in [9.17, 15) is 4.79 Å². The fourth-order valence-corrected chi connectivity index (χ4v) is 2.57. The molecule has 0 bridgehead atoms. The number of halogens is 1. The SMILES string of the molecule is O=c1c(Br)c(NNC2=CCCC2)cnn1-c1ccccc1. The van der Waals surface area contributed by atoms with Crippen LogP contribution in [0.25, 0.3) is 5.69 Å². The summed E-state index contributed by atoms with van der Waals surface area (Å²) in [4.78, 5) is 12.4. The molecular weight excluding hydrogens is 332 g/mol. The zero-order valence-corrected chi connectivity index (χ0v) is 12.9. The molecule has 0 radical (unpaired) electrons. The molecule has 1 aliphatic carbocycles. The average Bonchev–Trinajstić information content (AvgIpc) is 3.03. The number of nitrogens with zero attached hydrogens (tertiary/aromatic N) is 2. The van der Waals surface area contributed by atoms with Gasteiger partial charge in [-0.25, -0.2) is 0 Å². The zero-order chi connectivity index (χ0) is 14.7. The Balaban J connectivity index is 1.84. The number of nitrogens with one attached hydrogen (secondary N) is 2. The Bertz CT molecular complexity index is 724. The van der Waals surface area contributed by atoms with E-state index in [0.717, 1.165) is 24.2 Å². The molecule has 108 valence electrons. The Hall–Kier alpha value is -2.08. The highest BCUT2D eigenvalue weighted by atomic mass is 79.9. The van der Waals surface area contributed by atoms with Gasteiger partial charge in [-0.2, -0.15) is 9.78 Å². The summed E-state index contributed by atoms with van der Waals surface area (Å²) in [7, 11) is 0. The Kier molecular flexibility index (Phi) is 4.06. The second-order valence-corrected chi connectivity index (χ2v) is 5.59. The number of rotatable bonds is 4. The quantitative estimate of drug-likeness (QED) is 0.835. The monoisotopic (exact) mass is 346 g/mol. The second kappa shape index (κ2) is 6.13. The minimum Gasteiger partial charge on any atom is -0.305 e. The summed E-state index contributed by atoms with van der Waals surface area (Å²) in [6.45, 7) is 0. The maximum atomic E-state index is 12.4. The van der Waals surface area contributed by atoms with Gasteiger partial charge in [-0.3, -0.25) is 10.2 Å². The number of anilines is 1. The molecule has 1 aromatic heterocycles. The van der Waals surface area contributed by atoms with Gasteiger partial charge in [-0.1, -0.05) is 24.3 Å². The summed E-state index contributed by atoms with van der Waals surface area (Å²) in [5, 5.41) is 4.21. The fraction of sp³-hybridized carbons (Fsp3) is 0.200. The molecule has 0 amide bonds. The highest BCUT2D eigenvalue weighted by Crippen LogP contribution is 2.19. The lowest BCUT2D eigenvalue weighted by atomic mass is 10.3. The molecule has 5 nitrogen and oxygen atoms in total. The van der Waals surface area contributed by atoms with Gasteiger partial charge in [0.1, 0.15) is 4.47 Å². The van der Waals surface area contributed by atoms with E-state index in [1.165, 1.54) is 11.1 Å². The molecule has 0 saturated heterocycles. The van der Waals surface area contributed by atoms with Crippen LogP contribution in [-0.4, -0.2) is 9.78 Å². The van der Waals surface area contributed by atoms with Crippen molar-refractivity contribution in [2.75, 3.05) is 5.43 Å². The van der Waals surface area contributed by atoms with Gasteiger partial charge in [-0.05, 0) is 47.3 Å². The highest BCUT2D eigenvalue weighted by Gasteiger charge is 2.11. The smallest absolute Gasteiger partial charge is 0.287 e. The van der Waals surface area contributed by atoms with Gasteiger partial charge in [-0.15, -0.1) is 0 Å². The van der Waals surface area contributed by atoms with E-state index in [0.29, 0.717) is 10.2 Å². The van der Waals surface area contributed by atoms with Gasteiger partial charge in [0.25, 0.3) is 5.56 Å². The van der Waals surface area contributed by atoms with Crippen LogP contribution in [0.4, 0.5) is 5.69 Å². The second-order valence-electron chi connectivity index (χ2n) is 4.80. The van der Waals surface area contributed by atoms with Gasteiger partial charge in [0, 0.05) is 5.70 Å². The number of para-hydroxylation sites is 1. The Morgan fingerprint density at radius 1 is 1.19 bits per heavy atom. The van der Waals surface area contributed by atoms with E-state index in [1.54, 1.807) is 6.20 Å². The van der Waals surface area contributed by atoms with Crippen LogP contribution in [0.5, 0.6) is 0 Å². The van der Waals surface area contributed by atoms with Crippen LogP contribution < -0.4 is 16.4 Å². The molecule has 21 heavy (non-hydrogen) atoms. The Labute approximate surface area is 130 Å². The first-order valence-corrected chi connectivity index (χ1v) is 7.59. The summed E-state index contributed by atoms with van der Waals surface area (Å²) in [5.41, 5.74) is 8.46. The zero-order valence-electron chi connectivity index (χ0n) is 11.3. The summed E-state index contributed by atoms with van der Waals surface area (Å²) >= 11 is 3.34. The van der Waals surface area contributed by atoms with Crippen molar-refractivity contribution in [2.45, 2.75) is 19.3 Å². The lowest BCUT2D eigenvalue weighted by Crippen LogP contribution is -2.26. The molecular formula is C15H15BrN4O. The van der Waals surface area contributed by atoms with Crippen molar-refractivity contribution in [3.63, 3.8) is 0 Å². The van der Waals surface area contributed by atoms with Gasteiger partial charge in [0.15, 0.2) is 0 Å². The minimum absolute atomic E-state index is 0.201. The molecule has 3 rings (SSSR count). The number of hydrazine groups is 1. The van der Waals surface area contributed by atoms with Crippen LogP contribution >= 0.6 is 15.9 Å². The topological polar surface area (TPSA) is 59.0 Å². The molecule has 2 N–H and O–H groups in total. The number of allylic oxidation sites excluding steroid dienone is 2. The molecule has 1 heterocycles. The van der Waals surface area contributed by atoms with E-state index >= 15 is 0 Å². The number of hydrogen-bond donors (Lipinski definition) is 2. The molecule has 0 saturated carbocycles. The number of hydrogen-bond acceptors (Lipinski definition) is 4. The summed E-state index contributed by atoms with van der Waals surface area (Å²) in [6.07, 6.45) is 7.07. The van der Waals surface area contributed by atoms with E-state index in [-0.39, 0.29) is 5.56 Å². The normalized spacial score (nSPS) is 13.9. The third kappa shape index (κ3) is 3.00. The van der Waals surface area contributed by atoms with Crippen LogP contribution in [0.3, 0.4) is 0 Å². The summed E-state index contributed by atoms with van der Waals surface area (Å²) in [6, 6.07) is 9.33. The number of benzene rings is 1.